The number of hydrogen-bond acceptors (Lipinski definition) is 3. The average molecular weight is 231 g/mol. The van der Waals surface area contributed by atoms with Crippen LogP contribution in [0.4, 0.5) is 0 Å². The molecule has 2 rings (SSSR count). The van der Waals surface area contributed by atoms with E-state index in [1.54, 1.807) is 11.8 Å². The molecule has 0 aliphatic heterocycles. The molecule has 0 fully saturated rings. The Morgan fingerprint density at radius 2 is 1.76 bits per heavy atom. The van der Waals surface area contributed by atoms with Gasteiger partial charge < -0.3 is 4.74 Å². The molecule has 0 unspecified atom stereocenters. The number of methoxy groups -OCH3 is 1. The Bertz CT molecular complexity index is 494. The molecule has 0 aliphatic carbocycles. The molecule has 4 nitrogen and oxygen atoms in total. The minimum Gasteiger partial charge on any atom is -0.497 e. The Kier molecular flexibility index (Phi) is 2.88. The van der Waals surface area contributed by atoms with Gasteiger partial charge in [0.2, 0.25) is 0 Å². The molecule has 17 heavy (non-hydrogen) atoms. The van der Waals surface area contributed by atoms with E-state index in [-0.39, 0.29) is 5.41 Å². The van der Waals surface area contributed by atoms with Gasteiger partial charge in [0, 0.05) is 5.41 Å². The molecule has 0 saturated carbocycles. The van der Waals surface area contributed by atoms with E-state index in [9.17, 15) is 0 Å². The largest absolute Gasteiger partial charge is 0.497 e. The van der Waals surface area contributed by atoms with Crippen molar-refractivity contribution in [2.45, 2.75) is 26.2 Å². The summed E-state index contributed by atoms with van der Waals surface area (Å²) in [6.45, 7) is 6.36. The molecule has 0 bridgehead atoms. The fourth-order valence-corrected chi connectivity index (χ4v) is 1.47. The molecule has 1 heterocycles. The highest BCUT2D eigenvalue weighted by Crippen LogP contribution is 2.20. The summed E-state index contributed by atoms with van der Waals surface area (Å²) in [7, 11) is 1.65. The van der Waals surface area contributed by atoms with E-state index in [0.717, 1.165) is 17.1 Å². The Hall–Kier alpha value is -1.84. The molecule has 90 valence electrons. The van der Waals surface area contributed by atoms with Crippen LogP contribution >= 0.6 is 0 Å². The fourth-order valence-electron chi connectivity index (χ4n) is 1.47. The van der Waals surface area contributed by atoms with Gasteiger partial charge in [-0.3, -0.25) is 0 Å². The minimum absolute atomic E-state index is 0.0186. The summed E-state index contributed by atoms with van der Waals surface area (Å²) in [4.78, 5) is 0. The first-order valence-electron chi connectivity index (χ1n) is 5.58. The van der Waals surface area contributed by atoms with Crippen LogP contribution in [0.1, 0.15) is 26.5 Å². The van der Waals surface area contributed by atoms with Gasteiger partial charge in [0.25, 0.3) is 0 Å². The van der Waals surface area contributed by atoms with Crippen molar-refractivity contribution < 1.29 is 4.74 Å². The number of benzene rings is 1. The van der Waals surface area contributed by atoms with Gasteiger partial charge >= 0.3 is 0 Å². The van der Waals surface area contributed by atoms with Crippen LogP contribution in [0.2, 0.25) is 0 Å². The summed E-state index contributed by atoms with van der Waals surface area (Å²) in [5, 5.41) is 8.32. The monoisotopic (exact) mass is 231 g/mol. The Morgan fingerprint density at radius 1 is 1.12 bits per heavy atom. The average Bonchev–Trinajstić information content (AvgIpc) is 2.78. The third-order valence-electron chi connectivity index (χ3n) is 2.60. The molecule has 0 atom stereocenters. The lowest BCUT2D eigenvalue weighted by atomic mass is 9.93. The molecule has 4 heteroatoms. The summed E-state index contributed by atoms with van der Waals surface area (Å²) >= 11 is 0. The molecule has 0 N–H and O–H groups in total. The highest BCUT2D eigenvalue weighted by molar-refractivity contribution is 5.36. The Balaban J connectivity index is 2.30. The van der Waals surface area contributed by atoms with Crippen LogP contribution < -0.4 is 4.74 Å². The number of nitrogens with zero attached hydrogens (tertiary/aromatic N) is 3. The number of hydrogen-bond donors (Lipinski definition) is 0. The molecule has 0 aliphatic rings. The molecular weight excluding hydrogens is 214 g/mol. The lowest BCUT2D eigenvalue weighted by Gasteiger charge is -2.12. The maximum absolute atomic E-state index is 5.12. The van der Waals surface area contributed by atoms with Crippen molar-refractivity contribution in [2.24, 2.45) is 0 Å². The first kappa shape index (κ1) is 11.6. The van der Waals surface area contributed by atoms with Crippen molar-refractivity contribution in [2.75, 3.05) is 7.11 Å². The molecule has 0 saturated heterocycles. The van der Waals surface area contributed by atoms with E-state index in [0.29, 0.717) is 0 Å². The van der Waals surface area contributed by atoms with Crippen LogP contribution in [0.3, 0.4) is 0 Å². The van der Waals surface area contributed by atoms with Crippen molar-refractivity contribution in [1.29, 1.82) is 0 Å². The van der Waals surface area contributed by atoms with Crippen molar-refractivity contribution in [1.82, 2.24) is 15.0 Å². The van der Waals surface area contributed by atoms with Crippen LogP contribution in [0.15, 0.2) is 30.5 Å². The van der Waals surface area contributed by atoms with Crippen LogP contribution in [-0.4, -0.2) is 22.1 Å². The number of rotatable bonds is 2. The second-order valence-corrected chi connectivity index (χ2v) is 5.00. The van der Waals surface area contributed by atoms with Crippen LogP contribution in [-0.2, 0) is 5.41 Å². The van der Waals surface area contributed by atoms with E-state index in [1.807, 2.05) is 30.5 Å². The Morgan fingerprint density at radius 3 is 2.24 bits per heavy atom. The van der Waals surface area contributed by atoms with Crippen molar-refractivity contribution in [3.8, 4) is 11.4 Å². The normalized spacial score (nSPS) is 11.5. The zero-order valence-electron chi connectivity index (χ0n) is 10.6. The summed E-state index contributed by atoms with van der Waals surface area (Å²) in [6.07, 6.45) is 1.96. The van der Waals surface area contributed by atoms with Crippen LogP contribution in [0, 0.1) is 0 Å². The lowest BCUT2D eigenvalue weighted by Crippen LogP contribution is -2.11. The third kappa shape index (κ3) is 2.46. The highest BCUT2D eigenvalue weighted by Gasteiger charge is 2.17. The van der Waals surface area contributed by atoms with Gasteiger partial charge in [0.1, 0.15) is 5.75 Å². The maximum atomic E-state index is 5.12. The van der Waals surface area contributed by atoms with Gasteiger partial charge in [0.15, 0.2) is 0 Å². The number of ether oxygens (including phenoxy) is 1. The first-order valence-corrected chi connectivity index (χ1v) is 5.58. The zero-order valence-corrected chi connectivity index (χ0v) is 10.6. The maximum Gasteiger partial charge on any atom is 0.119 e. The quantitative estimate of drug-likeness (QED) is 0.797. The second-order valence-electron chi connectivity index (χ2n) is 5.00. The predicted octanol–water partition coefficient (Wildman–Crippen LogP) is 2.57. The van der Waals surface area contributed by atoms with E-state index in [2.05, 4.69) is 31.1 Å². The van der Waals surface area contributed by atoms with E-state index < -0.39 is 0 Å². The predicted molar refractivity (Wildman–Crippen MR) is 66.6 cm³/mol. The van der Waals surface area contributed by atoms with Crippen molar-refractivity contribution in [3.63, 3.8) is 0 Å². The number of aromatic nitrogens is 3. The summed E-state index contributed by atoms with van der Waals surface area (Å²) < 4.78 is 6.90. The molecule has 1 aromatic heterocycles. The smallest absolute Gasteiger partial charge is 0.119 e. The van der Waals surface area contributed by atoms with Crippen LogP contribution in [0.25, 0.3) is 5.69 Å². The summed E-state index contributed by atoms with van der Waals surface area (Å²) in [6, 6.07) is 7.74. The van der Waals surface area contributed by atoms with Gasteiger partial charge in [0.05, 0.1) is 24.7 Å². The molecule has 0 amide bonds. The van der Waals surface area contributed by atoms with E-state index in [1.165, 1.54) is 0 Å². The summed E-state index contributed by atoms with van der Waals surface area (Å²) in [5.74, 6) is 0.838. The standard InChI is InChI=1S/C13H17N3O/c1-13(2,3)12-9-16(15-14-12)10-5-7-11(17-4)8-6-10/h5-9H,1-4H3. The van der Waals surface area contributed by atoms with Crippen molar-refractivity contribution in [3.05, 3.63) is 36.2 Å². The second kappa shape index (κ2) is 4.20. The topological polar surface area (TPSA) is 39.9 Å². The fraction of sp³-hybridized carbons (Fsp3) is 0.385. The highest BCUT2D eigenvalue weighted by atomic mass is 16.5. The van der Waals surface area contributed by atoms with E-state index in [4.69, 9.17) is 4.74 Å². The molecule has 0 radical (unpaired) electrons. The zero-order chi connectivity index (χ0) is 12.5. The van der Waals surface area contributed by atoms with E-state index >= 15 is 0 Å². The molecule has 1 aromatic carbocycles. The molecule has 2 aromatic rings. The Labute approximate surface area is 101 Å². The SMILES string of the molecule is COc1ccc(-n2cc(C(C)(C)C)nn2)cc1. The molecule has 0 spiro atoms. The first-order chi connectivity index (χ1) is 8.00. The van der Waals surface area contributed by atoms with Crippen LogP contribution in [0.5, 0.6) is 5.75 Å². The van der Waals surface area contributed by atoms with Gasteiger partial charge in [-0.05, 0) is 24.3 Å². The third-order valence-corrected chi connectivity index (χ3v) is 2.60. The van der Waals surface area contributed by atoms with Gasteiger partial charge in [-0.1, -0.05) is 26.0 Å². The van der Waals surface area contributed by atoms with Gasteiger partial charge in [-0.25, -0.2) is 4.68 Å². The lowest BCUT2D eigenvalue weighted by molar-refractivity contribution is 0.414. The minimum atomic E-state index is 0.0186. The van der Waals surface area contributed by atoms with Crippen molar-refractivity contribution >= 4 is 0 Å². The van der Waals surface area contributed by atoms with Gasteiger partial charge in [-0.15, -0.1) is 5.10 Å². The van der Waals surface area contributed by atoms with Gasteiger partial charge in [-0.2, -0.15) is 0 Å². The summed E-state index contributed by atoms with van der Waals surface area (Å²) in [5.41, 5.74) is 1.98. The molecular formula is C13H17N3O.